The highest BCUT2D eigenvalue weighted by Crippen LogP contribution is 1.93. The van der Waals surface area contributed by atoms with Gasteiger partial charge in [-0.1, -0.05) is 6.58 Å². The minimum absolute atomic E-state index is 0.692. The molecule has 0 amide bonds. The van der Waals surface area contributed by atoms with Gasteiger partial charge >= 0.3 is 0 Å². The van der Waals surface area contributed by atoms with Crippen molar-refractivity contribution < 1.29 is 0 Å². The summed E-state index contributed by atoms with van der Waals surface area (Å²) in [4.78, 5) is 3.95. The van der Waals surface area contributed by atoms with E-state index in [-0.39, 0.29) is 0 Å². The van der Waals surface area contributed by atoms with Crippen molar-refractivity contribution in [3.63, 3.8) is 0 Å². The summed E-state index contributed by atoms with van der Waals surface area (Å²) < 4.78 is 0. The maximum Gasteiger partial charge on any atom is 0.0821 e. The van der Waals surface area contributed by atoms with Crippen LogP contribution in [0.15, 0.2) is 22.4 Å². The lowest BCUT2D eigenvalue weighted by molar-refractivity contribution is 0.898. The van der Waals surface area contributed by atoms with Gasteiger partial charge in [0.25, 0.3) is 0 Å². The van der Waals surface area contributed by atoms with E-state index >= 15 is 0 Å². The first-order valence-electron chi connectivity index (χ1n) is 3.11. The summed E-state index contributed by atoms with van der Waals surface area (Å²) in [5.74, 6) is 0. The lowest BCUT2D eigenvalue weighted by Gasteiger charge is -1.96. The summed E-state index contributed by atoms with van der Waals surface area (Å²) in [5.41, 5.74) is 4.16. The van der Waals surface area contributed by atoms with Gasteiger partial charge in [-0.3, -0.25) is 4.99 Å². The molecule has 0 aromatic carbocycles. The third kappa shape index (κ3) is 3.02. The zero-order valence-corrected chi connectivity index (χ0v) is 6.68. The maximum atomic E-state index is 3.95. The van der Waals surface area contributed by atoms with Crippen molar-refractivity contribution in [3.05, 3.63) is 12.3 Å². The van der Waals surface area contributed by atoms with Gasteiger partial charge < -0.3 is 5.43 Å². The first kappa shape index (κ1) is 8.88. The third-order valence-corrected chi connectivity index (χ3v) is 0.982. The van der Waals surface area contributed by atoms with Crippen molar-refractivity contribution in [3.8, 4) is 0 Å². The molecular formula is C7H13N3. The van der Waals surface area contributed by atoms with Gasteiger partial charge in [0.2, 0.25) is 0 Å². The zero-order valence-electron chi connectivity index (χ0n) is 6.68. The highest BCUT2D eigenvalue weighted by molar-refractivity contribution is 5.98. The summed E-state index contributed by atoms with van der Waals surface area (Å²) in [7, 11) is 1.74. The molecule has 0 aliphatic carbocycles. The van der Waals surface area contributed by atoms with E-state index in [4.69, 9.17) is 0 Å². The molecule has 0 aliphatic rings. The number of allylic oxidation sites excluding steroid dienone is 1. The fraction of sp³-hybridized carbons (Fsp3) is 0.429. The van der Waals surface area contributed by atoms with Gasteiger partial charge in [-0.05, 0) is 13.8 Å². The van der Waals surface area contributed by atoms with Crippen LogP contribution >= 0.6 is 0 Å². The van der Waals surface area contributed by atoms with Crippen LogP contribution in [-0.4, -0.2) is 19.0 Å². The van der Waals surface area contributed by atoms with Gasteiger partial charge in [0.05, 0.1) is 11.4 Å². The van der Waals surface area contributed by atoms with E-state index in [1.807, 2.05) is 13.8 Å². The number of rotatable bonds is 3. The van der Waals surface area contributed by atoms with E-state index < -0.39 is 0 Å². The van der Waals surface area contributed by atoms with Crippen molar-refractivity contribution in [2.75, 3.05) is 7.05 Å². The first-order chi connectivity index (χ1) is 4.72. The van der Waals surface area contributed by atoms with Gasteiger partial charge in [-0.15, -0.1) is 0 Å². The molecule has 0 unspecified atom stereocenters. The fourth-order valence-corrected chi connectivity index (χ4v) is 0.481. The molecule has 3 heteroatoms. The second-order valence-electron chi connectivity index (χ2n) is 1.75. The van der Waals surface area contributed by atoms with Crippen LogP contribution in [0, 0.1) is 0 Å². The Bertz CT molecular complexity index is 168. The predicted molar refractivity (Wildman–Crippen MR) is 45.5 cm³/mol. The molecule has 0 fully saturated rings. The quantitative estimate of drug-likeness (QED) is 0.462. The molecule has 10 heavy (non-hydrogen) atoms. The van der Waals surface area contributed by atoms with Crippen molar-refractivity contribution in [1.29, 1.82) is 0 Å². The van der Waals surface area contributed by atoms with Gasteiger partial charge in [-0.25, -0.2) is 0 Å². The number of hydrazone groups is 1. The second-order valence-corrected chi connectivity index (χ2v) is 1.75. The summed E-state index contributed by atoms with van der Waals surface area (Å²) >= 11 is 0. The molecule has 0 spiro atoms. The highest BCUT2D eigenvalue weighted by Gasteiger charge is 1.91. The lowest BCUT2D eigenvalue weighted by atomic mass is 10.3. The minimum atomic E-state index is 0.692. The van der Waals surface area contributed by atoms with Crippen molar-refractivity contribution in [2.45, 2.75) is 13.8 Å². The van der Waals surface area contributed by atoms with Gasteiger partial charge in [-0.2, -0.15) is 5.10 Å². The van der Waals surface area contributed by atoms with Crippen LogP contribution in [0.5, 0.6) is 0 Å². The summed E-state index contributed by atoms with van der Waals surface area (Å²) in [6.07, 6.45) is 1.69. The van der Waals surface area contributed by atoms with Crippen LogP contribution < -0.4 is 5.43 Å². The predicted octanol–water partition coefficient (Wildman–Crippen LogP) is 1.19. The van der Waals surface area contributed by atoms with Crippen molar-refractivity contribution in [1.82, 2.24) is 5.43 Å². The number of hydrogen-bond acceptors (Lipinski definition) is 3. The smallest absolute Gasteiger partial charge is 0.0821 e. The SMILES string of the molecule is C=C(N=CC)/C(C)=N\NC. The maximum absolute atomic E-state index is 3.95. The summed E-state index contributed by atoms with van der Waals surface area (Å²) in [5, 5.41) is 3.90. The molecule has 0 heterocycles. The van der Waals surface area contributed by atoms with Crippen LogP contribution in [0.25, 0.3) is 0 Å². The fourth-order valence-electron chi connectivity index (χ4n) is 0.481. The van der Waals surface area contributed by atoms with E-state index in [9.17, 15) is 0 Å². The van der Waals surface area contributed by atoms with Crippen molar-refractivity contribution in [2.24, 2.45) is 10.1 Å². The molecule has 0 aliphatic heterocycles. The van der Waals surface area contributed by atoms with Crippen LogP contribution in [-0.2, 0) is 0 Å². The molecule has 1 N–H and O–H groups in total. The summed E-state index contributed by atoms with van der Waals surface area (Å²) in [6.45, 7) is 7.39. The zero-order chi connectivity index (χ0) is 7.98. The van der Waals surface area contributed by atoms with Gasteiger partial charge in [0.1, 0.15) is 0 Å². The molecule has 0 atom stereocenters. The normalized spacial score (nSPS) is 12.1. The molecule has 56 valence electrons. The van der Waals surface area contributed by atoms with Crippen molar-refractivity contribution >= 4 is 11.9 Å². The molecular weight excluding hydrogens is 126 g/mol. The molecule has 0 aromatic rings. The Morgan fingerprint density at radius 1 is 1.60 bits per heavy atom. The molecule has 0 bridgehead atoms. The minimum Gasteiger partial charge on any atom is -0.313 e. The molecule has 0 aromatic heterocycles. The van der Waals surface area contributed by atoms with Crippen LogP contribution in [0.2, 0.25) is 0 Å². The molecule has 0 saturated heterocycles. The Hall–Kier alpha value is -1.12. The van der Waals surface area contributed by atoms with Crippen LogP contribution in [0.3, 0.4) is 0 Å². The molecule has 0 radical (unpaired) electrons. The van der Waals surface area contributed by atoms with Crippen LogP contribution in [0.4, 0.5) is 0 Å². The Morgan fingerprint density at radius 2 is 2.20 bits per heavy atom. The standard InChI is InChI=1S/C7H13N3/c1-5-9-6(2)7(3)10-8-4/h5,8H,2H2,1,3-4H3/b9-5?,10-7-. The number of nitrogens with zero attached hydrogens (tertiary/aromatic N) is 2. The number of hydrogen-bond donors (Lipinski definition) is 1. The van der Waals surface area contributed by atoms with E-state index in [1.165, 1.54) is 0 Å². The third-order valence-electron chi connectivity index (χ3n) is 0.982. The largest absolute Gasteiger partial charge is 0.313 e. The van der Waals surface area contributed by atoms with E-state index in [0.29, 0.717) is 5.70 Å². The lowest BCUT2D eigenvalue weighted by Crippen LogP contribution is -2.02. The van der Waals surface area contributed by atoms with E-state index in [0.717, 1.165) is 5.71 Å². The van der Waals surface area contributed by atoms with Crippen LogP contribution in [0.1, 0.15) is 13.8 Å². The topological polar surface area (TPSA) is 36.8 Å². The molecule has 0 rings (SSSR count). The van der Waals surface area contributed by atoms with E-state index in [2.05, 4.69) is 22.1 Å². The summed E-state index contributed by atoms with van der Waals surface area (Å²) in [6, 6.07) is 0. The molecule has 0 saturated carbocycles. The van der Waals surface area contributed by atoms with Gasteiger partial charge in [0.15, 0.2) is 0 Å². The monoisotopic (exact) mass is 139 g/mol. The number of nitrogens with one attached hydrogen (secondary N) is 1. The Labute approximate surface area is 61.5 Å². The average Bonchev–Trinajstić information content (AvgIpc) is 1.89. The number of aliphatic imine (C=N–C) groups is 1. The first-order valence-corrected chi connectivity index (χ1v) is 3.11. The van der Waals surface area contributed by atoms with E-state index in [1.54, 1.807) is 13.3 Å². The highest BCUT2D eigenvalue weighted by atomic mass is 15.3. The Morgan fingerprint density at radius 3 is 2.60 bits per heavy atom. The Kier molecular flexibility index (Phi) is 4.20. The Balaban J connectivity index is 4.07. The van der Waals surface area contributed by atoms with Gasteiger partial charge in [0, 0.05) is 13.3 Å². The second kappa shape index (κ2) is 4.73. The molecule has 3 nitrogen and oxygen atoms in total. The average molecular weight is 139 g/mol.